The van der Waals surface area contributed by atoms with Crippen LogP contribution in [-0.2, 0) is 22.4 Å². The number of benzene rings is 3. The van der Waals surface area contributed by atoms with Crippen molar-refractivity contribution < 1.29 is 33.7 Å². The zero-order valence-electron chi connectivity index (χ0n) is 29.0. The van der Waals surface area contributed by atoms with Crippen LogP contribution in [0.2, 0.25) is 0 Å². The summed E-state index contributed by atoms with van der Waals surface area (Å²) in [6.45, 7) is 11.4. The number of nitrogens with zero attached hydrogens (tertiary/aromatic N) is 1. The van der Waals surface area contributed by atoms with Crippen molar-refractivity contribution in [2.24, 2.45) is 0 Å². The number of carbonyl (C=O) groups is 2. The Morgan fingerprint density at radius 3 is 2.15 bits per heavy atom. The molecule has 10 heteroatoms. The molecule has 0 bridgehead atoms. The summed E-state index contributed by atoms with van der Waals surface area (Å²) < 4.78 is 25.8. The second-order valence-electron chi connectivity index (χ2n) is 11.6. The molecule has 0 radical (unpaired) electrons. The fourth-order valence-electron chi connectivity index (χ4n) is 6.08. The van der Waals surface area contributed by atoms with Crippen LogP contribution in [0.4, 0.5) is 10.1 Å². The molecular weight excluding hydrogens is 630 g/mol. The van der Waals surface area contributed by atoms with Crippen LogP contribution in [-0.4, -0.2) is 66.1 Å². The van der Waals surface area contributed by atoms with Crippen LogP contribution in [0.5, 0.6) is 11.5 Å². The quantitative estimate of drug-likeness (QED) is 0.138. The predicted molar refractivity (Wildman–Crippen MR) is 193 cm³/mol. The lowest BCUT2D eigenvalue weighted by Gasteiger charge is -2.25. The van der Waals surface area contributed by atoms with Gasteiger partial charge in [0.05, 0.1) is 6.54 Å². The molecule has 1 saturated heterocycles. The molecule has 0 spiro atoms. The van der Waals surface area contributed by atoms with Crippen LogP contribution >= 0.6 is 8.58 Å². The molecule has 0 aliphatic carbocycles. The summed E-state index contributed by atoms with van der Waals surface area (Å²) in [5, 5.41) is 20.9. The molecule has 48 heavy (non-hydrogen) atoms. The fraction of sp³-hybridized carbons (Fsp3) is 0.474. The number of hydrogen-bond donors (Lipinski definition) is 3. The van der Waals surface area contributed by atoms with Gasteiger partial charge in [0, 0.05) is 31.8 Å². The molecule has 3 atom stereocenters. The Balaban J connectivity index is 0.000000970. The van der Waals surface area contributed by atoms with Crippen LogP contribution < -0.4 is 20.1 Å². The van der Waals surface area contributed by atoms with Crippen LogP contribution in [0.25, 0.3) is 0 Å². The Hall–Kier alpha value is -3.52. The Bertz CT molecular complexity index is 1440. The molecule has 2 heterocycles. The first kappa shape index (κ1) is 38.9. The first-order chi connectivity index (χ1) is 23.2. The summed E-state index contributed by atoms with van der Waals surface area (Å²) >= 11 is 0. The van der Waals surface area contributed by atoms with Crippen LogP contribution in [0.15, 0.2) is 54.6 Å². The Morgan fingerprint density at radius 2 is 1.54 bits per heavy atom. The highest BCUT2D eigenvalue weighted by Gasteiger charge is 2.35. The van der Waals surface area contributed by atoms with E-state index in [1.807, 2.05) is 33.8 Å². The highest BCUT2D eigenvalue weighted by Crippen LogP contribution is 2.43. The topological polar surface area (TPSA) is 108 Å². The number of carboxylic acids is 1. The van der Waals surface area contributed by atoms with Gasteiger partial charge in [-0.05, 0) is 96.0 Å². The smallest absolute Gasteiger partial charge is 0.300 e. The van der Waals surface area contributed by atoms with Crippen molar-refractivity contribution >= 4 is 31.4 Å². The third-order valence-corrected chi connectivity index (χ3v) is 9.64. The molecule has 2 aliphatic heterocycles. The van der Waals surface area contributed by atoms with Gasteiger partial charge in [-0.3, -0.25) is 14.5 Å². The number of ether oxygens (including phenoxy) is 2. The highest BCUT2D eigenvalue weighted by molar-refractivity contribution is 7.47. The normalized spacial score (nSPS) is 16.9. The molecule has 8 nitrogen and oxygen atoms in total. The monoisotopic (exact) mass is 682 g/mol. The SMILES string of the molecule is CC.CC(=O)O.CCc1cc(F)cc(CC)c1NC(=O)CN1CC(c2ccc3c(c2)OCCO3)C[C@@H]1c1ccc(PCCCCO)cc1. The van der Waals surface area contributed by atoms with Crippen molar-refractivity contribution in [1.29, 1.82) is 0 Å². The van der Waals surface area contributed by atoms with Gasteiger partial charge in [-0.2, -0.15) is 0 Å². The fourth-order valence-corrected chi connectivity index (χ4v) is 7.20. The second kappa shape index (κ2) is 20.1. The minimum Gasteiger partial charge on any atom is -0.486 e. The zero-order chi connectivity index (χ0) is 35.1. The molecule has 0 saturated carbocycles. The maximum Gasteiger partial charge on any atom is 0.300 e. The Kier molecular flexibility index (Phi) is 16.3. The number of hydrogen-bond acceptors (Lipinski definition) is 6. The molecule has 1 amide bonds. The van der Waals surface area contributed by atoms with Crippen LogP contribution in [0.1, 0.15) is 88.1 Å². The first-order valence-electron chi connectivity index (χ1n) is 17.1. The van der Waals surface area contributed by atoms with Gasteiger partial charge in [0.1, 0.15) is 19.0 Å². The van der Waals surface area contributed by atoms with Gasteiger partial charge in [0.2, 0.25) is 5.91 Å². The summed E-state index contributed by atoms with van der Waals surface area (Å²) in [7, 11) is 0.725. The summed E-state index contributed by atoms with van der Waals surface area (Å²) in [6.07, 6.45) is 5.15. The number of amides is 1. The second-order valence-corrected chi connectivity index (χ2v) is 13.1. The van der Waals surface area contributed by atoms with E-state index in [2.05, 4.69) is 46.6 Å². The highest BCUT2D eigenvalue weighted by atomic mass is 31.1. The van der Waals surface area contributed by atoms with Crippen LogP contribution in [0, 0.1) is 5.82 Å². The maximum atomic E-state index is 14.2. The van der Waals surface area contributed by atoms with E-state index in [0.717, 1.165) is 75.8 Å². The van der Waals surface area contributed by atoms with E-state index in [1.165, 1.54) is 28.6 Å². The predicted octanol–water partition coefficient (Wildman–Crippen LogP) is 7.08. The van der Waals surface area contributed by atoms with Gasteiger partial charge in [0.15, 0.2) is 11.5 Å². The van der Waals surface area contributed by atoms with Crippen molar-refractivity contribution in [3.63, 3.8) is 0 Å². The number of aliphatic carboxylic acids is 1. The molecule has 3 aromatic rings. The van der Waals surface area contributed by atoms with Gasteiger partial charge < -0.3 is 25.0 Å². The molecule has 3 aromatic carbocycles. The van der Waals surface area contributed by atoms with Crippen molar-refractivity contribution in [1.82, 2.24) is 4.90 Å². The molecule has 5 rings (SSSR count). The van der Waals surface area contributed by atoms with E-state index in [-0.39, 0.29) is 36.8 Å². The summed E-state index contributed by atoms with van der Waals surface area (Å²) in [4.78, 5) is 24.8. The molecule has 262 valence electrons. The number of anilines is 1. The number of fused-ring (bicyclic) bond motifs is 1. The first-order valence-corrected chi connectivity index (χ1v) is 18.3. The van der Waals surface area contributed by atoms with Gasteiger partial charge in [-0.25, -0.2) is 4.39 Å². The standard InChI is InChI=1S/C34H42FN2O4P.C2H4O2.C2H6/c1-3-23-17-28(35)18-24(4-2)34(23)36-33(39)22-37-21-27(26-9-12-31-32(20-26)41-15-14-40-31)19-30(37)25-7-10-29(11-8-25)42-16-6-5-13-38;1-2(3)4;1-2/h7-12,17-18,20,27,30,38,42H,3-6,13-16,19,21-22H2,1-2H3,(H,36,39);1H3,(H,3,4);1-2H3/t27?,30-;;/m1../s1. The number of unbranched alkanes of at least 4 members (excludes halogenated alkanes) is 1. The average Bonchev–Trinajstić information content (AvgIpc) is 3.51. The lowest BCUT2D eigenvalue weighted by atomic mass is 9.93. The van der Waals surface area contributed by atoms with E-state index in [0.29, 0.717) is 26.1 Å². The molecule has 3 N–H and O–H groups in total. The Morgan fingerprint density at radius 1 is 0.938 bits per heavy atom. The van der Waals surface area contributed by atoms with Crippen molar-refractivity contribution in [3.8, 4) is 11.5 Å². The summed E-state index contributed by atoms with van der Waals surface area (Å²) in [5.74, 6) is 0.626. The summed E-state index contributed by atoms with van der Waals surface area (Å²) in [6, 6.07) is 18.2. The number of rotatable bonds is 12. The van der Waals surface area contributed by atoms with E-state index in [9.17, 15) is 9.18 Å². The third-order valence-electron chi connectivity index (χ3n) is 8.29. The number of likely N-dealkylation sites (tertiary alicyclic amines) is 1. The van der Waals surface area contributed by atoms with Crippen molar-refractivity contribution in [2.45, 2.75) is 78.7 Å². The Labute approximate surface area is 286 Å². The van der Waals surface area contributed by atoms with E-state index in [4.69, 9.17) is 24.5 Å². The van der Waals surface area contributed by atoms with E-state index >= 15 is 0 Å². The molecule has 2 unspecified atom stereocenters. The van der Waals surface area contributed by atoms with Gasteiger partial charge in [0.25, 0.3) is 5.97 Å². The van der Waals surface area contributed by atoms with Crippen LogP contribution in [0.3, 0.4) is 0 Å². The number of carboxylic acid groups (broad SMARTS) is 1. The number of aliphatic hydroxyl groups excluding tert-OH is 1. The third kappa shape index (κ3) is 11.3. The lowest BCUT2D eigenvalue weighted by Crippen LogP contribution is -2.33. The number of nitrogens with one attached hydrogen (secondary N) is 1. The number of halogens is 1. The van der Waals surface area contributed by atoms with Gasteiger partial charge in [-0.15, -0.1) is 0 Å². The van der Waals surface area contributed by atoms with E-state index < -0.39 is 5.97 Å². The number of carbonyl (C=O) groups excluding carboxylic acids is 1. The maximum absolute atomic E-state index is 14.2. The zero-order valence-corrected chi connectivity index (χ0v) is 30.0. The molecule has 2 aliphatic rings. The largest absolute Gasteiger partial charge is 0.486 e. The molecule has 0 aromatic heterocycles. The van der Waals surface area contributed by atoms with Gasteiger partial charge in [-0.1, -0.05) is 66.6 Å². The van der Waals surface area contributed by atoms with Crippen molar-refractivity contribution in [3.05, 3.63) is 82.7 Å². The number of aryl methyl sites for hydroxylation is 2. The summed E-state index contributed by atoms with van der Waals surface area (Å²) in [5.41, 5.74) is 4.79. The number of aliphatic hydroxyl groups is 1. The average molecular weight is 683 g/mol. The van der Waals surface area contributed by atoms with Crippen molar-refractivity contribution in [2.75, 3.05) is 44.4 Å². The molecule has 1 fully saturated rings. The molecular formula is C38H52FN2O6P. The minimum absolute atomic E-state index is 0.0826. The lowest BCUT2D eigenvalue weighted by molar-refractivity contribution is -0.134. The minimum atomic E-state index is -0.833. The van der Waals surface area contributed by atoms with Gasteiger partial charge >= 0.3 is 0 Å². The van der Waals surface area contributed by atoms with E-state index in [1.54, 1.807) is 0 Å².